The van der Waals surface area contributed by atoms with Gasteiger partial charge in [0.1, 0.15) is 5.75 Å². The Hall–Kier alpha value is -3.12. The Morgan fingerprint density at radius 1 is 1.19 bits per heavy atom. The molecule has 0 fully saturated rings. The fourth-order valence-corrected chi connectivity index (χ4v) is 2.76. The average molecular weight is 351 g/mol. The van der Waals surface area contributed by atoms with E-state index in [9.17, 15) is 15.0 Å². The van der Waals surface area contributed by atoms with Gasteiger partial charge < -0.3 is 15.1 Å². The second kappa shape index (κ2) is 7.84. The first kappa shape index (κ1) is 17.7. The number of phenols is 1. The van der Waals surface area contributed by atoms with E-state index >= 15 is 0 Å². The van der Waals surface area contributed by atoms with Crippen LogP contribution in [0.1, 0.15) is 28.9 Å². The SMILES string of the molecule is CCN(CC(O)c1cccc(O)c1)C(=O)c1ccc(-n2cccn2)cc1. The molecule has 0 aliphatic carbocycles. The maximum absolute atomic E-state index is 12.8. The smallest absolute Gasteiger partial charge is 0.253 e. The van der Waals surface area contributed by atoms with Crippen LogP contribution in [0, 0.1) is 0 Å². The van der Waals surface area contributed by atoms with Crippen molar-refractivity contribution in [3.8, 4) is 11.4 Å². The van der Waals surface area contributed by atoms with Crippen LogP contribution in [-0.2, 0) is 0 Å². The number of nitrogens with zero attached hydrogens (tertiary/aromatic N) is 3. The lowest BCUT2D eigenvalue weighted by Gasteiger charge is -2.24. The fraction of sp³-hybridized carbons (Fsp3) is 0.200. The number of hydrogen-bond donors (Lipinski definition) is 2. The van der Waals surface area contributed by atoms with Gasteiger partial charge in [-0.15, -0.1) is 0 Å². The molecular formula is C20H21N3O3. The summed E-state index contributed by atoms with van der Waals surface area (Å²) in [4.78, 5) is 14.3. The van der Waals surface area contributed by atoms with E-state index in [-0.39, 0.29) is 18.2 Å². The number of carbonyl (C=O) groups excluding carboxylic acids is 1. The molecule has 0 saturated heterocycles. The summed E-state index contributed by atoms with van der Waals surface area (Å²) >= 11 is 0. The summed E-state index contributed by atoms with van der Waals surface area (Å²) in [6.45, 7) is 2.49. The number of rotatable bonds is 6. The van der Waals surface area contributed by atoms with Crippen LogP contribution in [0.25, 0.3) is 5.69 Å². The highest BCUT2D eigenvalue weighted by molar-refractivity contribution is 5.94. The van der Waals surface area contributed by atoms with Crippen LogP contribution in [0.15, 0.2) is 67.0 Å². The lowest BCUT2D eigenvalue weighted by atomic mass is 10.1. The molecule has 1 heterocycles. The molecule has 0 aliphatic rings. The van der Waals surface area contributed by atoms with E-state index < -0.39 is 6.10 Å². The molecule has 2 N–H and O–H groups in total. The number of benzene rings is 2. The van der Waals surface area contributed by atoms with Crippen LogP contribution in [0.2, 0.25) is 0 Å². The van der Waals surface area contributed by atoms with Crippen molar-refractivity contribution in [2.24, 2.45) is 0 Å². The first-order chi connectivity index (χ1) is 12.6. The molecule has 2 aromatic carbocycles. The summed E-state index contributed by atoms with van der Waals surface area (Å²) in [6, 6.07) is 15.4. The van der Waals surface area contributed by atoms with Crippen LogP contribution in [0.5, 0.6) is 5.75 Å². The highest BCUT2D eigenvalue weighted by Gasteiger charge is 2.19. The molecule has 1 amide bonds. The summed E-state index contributed by atoms with van der Waals surface area (Å²) in [5, 5.41) is 24.1. The predicted octanol–water partition coefficient (Wildman–Crippen LogP) is 2.77. The third kappa shape index (κ3) is 3.92. The van der Waals surface area contributed by atoms with Gasteiger partial charge in [0.25, 0.3) is 5.91 Å². The van der Waals surface area contributed by atoms with E-state index in [2.05, 4.69) is 5.10 Å². The van der Waals surface area contributed by atoms with Gasteiger partial charge >= 0.3 is 0 Å². The fourth-order valence-electron chi connectivity index (χ4n) is 2.76. The van der Waals surface area contributed by atoms with Gasteiger partial charge in [0.05, 0.1) is 18.3 Å². The predicted molar refractivity (Wildman–Crippen MR) is 98.2 cm³/mol. The Balaban J connectivity index is 1.72. The molecule has 1 unspecified atom stereocenters. The average Bonchev–Trinajstić information content (AvgIpc) is 3.20. The zero-order valence-electron chi connectivity index (χ0n) is 14.5. The Morgan fingerprint density at radius 3 is 2.58 bits per heavy atom. The number of likely N-dealkylation sites (N-methyl/N-ethyl adjacent to an activating group) is 1. The molecule has 0 bridgehead atoms. The molecule has 0 saturated carbocycles. The van der Waals surface area contributed by atoms with Crippen LogP contribution >= 0.6 is 0 Å². The van der Waals surface area contributed by atoms with Crippen molar-refractivity contribution in [1.29, 1.82) is 0 Å². The molecule has 0 radical (unpaired) electrons. The molecule has 26 heavy (non-hydrogen) atoms. The van der Waals surface area contributed by atoms with E-state index in [0.717, 1.165) is 5.69 Å². The van der Waals surface area contributed by atoms with Gasteiger partial charge in [0.2, 0.25) is 0 Å². The van der Waals surface area contributed by atoms with Crippen molar-refractivity contribution < 1.29 is 15.0 Å². The third-order valence-corrected chi connectivity index (χ3v) is 4.20. The zero-order valence-corrected chi connectivity index (χ0v) is 14.5. The number of carbonyl (C=O) groups is 1. The second-order valence-electron chi connectivity index (χ2n) is 5.95. The second-order valence-corrected chi connectivity index (χ2v) is 5.95. The molecule has 1 aromatic heterocycles. The first-order valence-corrected chi connectivity index (χ1v) is 8.45. The lowest BCUT2D eigenvalue weighted by Crippen LogP contribution is -2.34. The normalized spacial score (nSPS) is 11.9. The Bertz CT molecular complexity index is 860. The first-order valence-electron chi connectivity index (χ1n) is 8.45. The van der Waals surface area contributed by atoms with Crippen molar-refractivity contribution in [3.05, 3.63) is 78.1 Å². The quantitative estimate of drug-likeness (QED) is 0.716. The third-order valence-electron chi connectivity index (χ3n) is 4.20. The van der Waals surface area contributed by atoms with Crippen molar-refractivity contribution in [2.45, 2.75) is 13.0 Å². The van der Waals surface area contributed by atoms with E-state index in [1.54, 1.807) is 46.1 Å². The molecule has 6 heteroatoms. The van der Waals surface area contributed by atoms with Crippen molar-refractivity contribution >= 4 is 5.91 Å². The summed E-state index contributed by atoms with van der Waals surface area (Å²) in [7, 11) is 0. The number of aromatic hydroxyl groups is 1. The number of aliphatic hydroxyl groups excluding tert-OH is 1. The Morgan fingerprint density at radius 2 is 1.96 bits per heavy atom. The van der Waals surface area contributed by atoms with E-state index in [1.807, 2.05) is 31.3 Å². The van der Waals surface area contributed by atoms with Gasteiger partial charge in [0.15, 0.2) is 0 Å². The summed E-state index contributed by atoms with van der Waals surface area (Å²) in [5.41, 5.74) is 1.99. The summed E-state index contributed by atoms with van der Waals surface area (Å²) < 4.78 is 1.72. The van der Waals surface area contributed by atoms with Crippen molar-refractivity contribution in [1.82, 2.24) is 14.7 Å². The molecule has 6 nitrogen and oxygen atoms in total. The molecule has 3 aromatic rings. The molecule has 3 rings (SSSR count). The zero-order chi connectivity index (χ0) is 18.5. The lowest BCUT2D eigenvalue weighted by molar-refractivity contribution is 0.0635. The molecule has 0 aliphatic heterocycles. The van der Waals surface area contributed by atoms with Gasteiger partial charge in [-0.05, 0) is 55.0 Å². The Kier molecular flexibility index (Phi) is 5.34. The summed E-state index contributed by atoms with van der Waals surface area (Å²) in [6.07, 6.45) is 2.66. The van der Waals surface area contributed by atoms with Gasteiger partial charge in [-0.2, -0.15) is 5.10 Å². The summed E-state index contributed by atoms with van der Waals surface area (Å²) in [5.74, 6) is -0.0659. The van der Waals surface area contributed by atoms with Gasteiger partial charge in [0, 0.05) is 24.5 Å². The van der Waals surface area contributed by atoms with Gasteiger partial charge in [-0.3, -0.25) is 4.79 Å². The maximum Gasteiger partial charge on any atom is 0.253 e. The van der Waals surface area contributed by atoms with Crippen LogP contribution in [0.3, 0.4) is 0 Å². The van der Waals surface area contributed by atoms with Crippen molar-refractivity contribution in [3.63, 3.8) is 0 Å². The molecule has 134 valence electrons. The number of hydrogen-bond acceptors (Lipinski definition) is 4. The minimum absolute atomic E-state index is 0.0881. The minimum Gasteiger partial charge on any atom is -0.508 e. The van der Waals surface area contributed by atoms with E-state index in [0.29, 0.717) is 17.7 Å². The molecule has 0 spiro atoms. The Labute approximate surface area is 151 Å². The molecule has 1 atom stereocenters. The van der Waals surface area contributed by atoms with Crippen LogP contribution in [0.4, 0.5) is 0 Å². The maximum atomic E-state index is 12.8. The number of aliphatic hydroxyl groups is 1. The molecular weight excluding hydrogens is 330 g/mol. The largest absolute Gasteiger partial charge is 0.508 e. The topological polar surface area (TPSA) is 78.6 Å². The number of phenolic OH excluding ortho intramolecular Hbond substituents is 1. The van der Waals surface area contributed by atoms with E-state index in [1.165, 1.54) is 6.07 Å². The number of amides is 1. The van der Waals surface area contributed by atoms with Crippen LogP contribution in [-0.4, -0.2) is 43.9 Å². The highest BCUT2D eigenvalue weighted by atomic mass is 16.3. The highest BCUT2D eigenvalue weighted by Crippen LogP contribution is 2.20. The standard InChI is InChI=1S/C20H21N3O3/c1-2-22(14-19(25)16-5-3-6-18(24)13-16)20(26)15-7-9-17(10-8-15)23-12-4-11-21-23/h3-13,19,24-25H,2,14H2,1H3. The van der Waals surface area contributed by atoms with Gasteiger partial charge in [-0.25, -0.2) is 4.68 Å². The van der Waals surface area contributed by atoms with E-state index in [4.69, 9.17) is 0 Å². The van der Waals surface area contributed by atoms with Crippen molar-refractivity contribution in [2.75, 3.05) is 13.1 Å². The number of aromatic nitrogens is 2. The van der Waals surface area contributed by atoms with Crippen LogP contribution < -0.4 is 0 Å². The minimum atomic E-state index is -0.866. The van der Waals surface area contributed by atoms with Gasteiger partial charge in [-0.1, -0.05) is 12.1 Å². The monoisotopic (exact) mass is 351 g/mol.